The molecule has 0 N–H and O–H groups in total. The lowest BCUT2D eigenvalue weighted by atomic mass is 10.1. The summed E-state index contributed by atoms with van der Waals surface area (Å²) in [5, 5.41) is 3.80. The zero-order valence-corrected chi connectivity index (χ0v) is 12.5. The quantitative estimate of drug-likeness (QED) is 0.793. The second-order valence-electron chi connectivity index (χ2n) is 5.00. The number of rotatable bonds is 1. The van der Waals surface area contributed by atoms with Crippen LogP contribution in [0.3, 0.4) is 0 Å². The van der Waals surface area contributed by atoms with Gasteiger partial charge in [-0.1, -0.05) is 28.1 Å². The van der Waals surface area contributed by atoms with E-state index in [0.29, 0.717) is 11.1 Å². The van der Waals surface area contributed by atoms with Crippen molar-refractivity contribution in [2.75, 3.05) is 0 Å². The van der Waals surface area contributed by atoms with Gasteiger partial charge in [-0.2, -0.15) is 9.78 Å². The summed E-state index contributed by atoms with van der Waals surface area (Å²) in [6.45, 7) is 5.19. The monoisotopic (exact) mass is 324 g/mol. The van der Waals surface area contributed by atoms with Gasteiger partial charge in [0.1, 0.15) is 5.60 Å². The lowest BCUT2D eigenvalue weighted by Gasteiger charge is -2.18. The van der Waals surface area contributed by atoms with E-state index < -0.39 is 11.7 Å². The molecule has 5 heteroatoms. The van der Waals surface area contributed by atoms with Gasteiger partial charge in [-0.3, -0.25) is 0 Å². The Bertz CT molecular complexity index is 676. The van der Waals surface area contributed by atoms with E-state index in [1.54, 1.807) is 45.0 Å². The molecule has 0 aliphatic carbocycles. The molecule has 0 atom stereocenters. The van der Waals surface area contributed by atoms with Crippen molar-refractivity contribution < 1.29 is 12.3 Å². The van der Waals surface area contributed by atoms with Crippen LogP contribution >= 0.6 is 15.9 Å². The Hall–Kier alpha value is -1.62. The Morgan fingerprint density at radius 3 is 2.53 bits per heavy atom. The smallest absolute Gasteiger partial charge is 0.435 e. The van der Waals surface area contributed by atoms with Gasteiger partial charge in [0.2, 0.25) is 0 Å². The van der Waals surface area contributed by atoms with E-state index >= 15 is 0 Å². The van der Waals surface area contributed by atoms with Crippen molar-refractivity contribution in [2.24, 2.45) is 0 Å². The molecule has 0 bridgehead atoms. The normalized spacial score (nSPS) is 12.8. The van der Waals surface area contributed by atoms with Crippen molar-refractivity contribution in [3.05, 3.63) is 41.1 Å². The van der Waals surface area contributed by atoms with Crippen molar-refractivity contribution in [1.29, 1.82) is 0 Å². The first kappa shape index (κ1) is 11.2. The molecule has 19 heavy (non-hydrogen) atoms. The van der Waals surface area contributed by atoms with Crippen molar-refractivity contribution in [3.8, 4) is 11.1 Å². The van der Waals surface area contributed by atoms with Crippen molar-refractivity contribution in [2.45, 2.75) is 26.4 Å². The molecule has 1 heterocycles. The van der Waals surface area contributed by atoms with Crippen LogP contribution in [0.5, 0.6) is 0 Å². The number of hydrogen-bond acceptors (Lipinski definition) is 3. The summed E-state index contributed by atoms with van der Waals surface area (Å²) >= 11 is 3.33. The third-order valence-corrected chi connectivity index (χ3v) is 2.71. The van der Waals surface area contributed by atoms with Crippen LogP contribution in [0.25, 0.3) is 11.1 Å². The van der Waals surface area contributed by atoms with E-state index in [1.807, 2.05) is 0 Å². The van der Waals surface area contributed by atoms with E-state index in [1.165, 1.54) is 0 Å². The fourth-order valence-corrected chi connectivity index (χ4v) is 1.66. The molecule has 0 saturated heterocycles. The summed E-state index contributed by atoms with van der Waals surface area (Å²) in [6, 6.07) is 7.13. The fourth-order valence-electron chi connectivity index (χ4n) is 1.39. The Labute approximate surface area is 123 Å². The minimum atomic E-state index is -0.760. The van der Waals surface area contributed by atoms with Gasteiger partial charge in [-0.15, -0.1) is 0 Å². The lowest BCUT2D eigenvalue weighted by Crippen LogP contribution is -2.27. The summed E-state index contributed by atoms with van der Waals surface area (Å²) in [6.07, 6.45) is -1.05. The standard InChI is InChI=1S/C14H15BrN2O2/c1-14(2,3)19-13(18)17-9-11(8-16-17)10-4-6-12(15)7-5-10/h4-9H,1-3H3/i8D,9D. The lowest BCUT2D eigenvalue weighted by molar-refractivity contribution is 0.0514. The summed E-state index contributed by atoms with van der Waals surface area (Å²) < 4.78 is 22.8. The predicted octanol–water partition coefficient (Wildman–Crippen LogP) is 4.10. The number of carbonyl (C=O) groups is 1. The maximum Gasteiger partial charge on any atom is 0.435 e. The fraction of sp³-hybridized carbons (Fsp3) is 0.286. The number of carbonyl (C=O) groups excluding carboxylic acids is 1. The van der Waals surface area contributed by atoms with Gasteiger partial charge in [0.25, 0.3) is 0 Å². The van der Waals surface area contributed by atoms with Crippen LogP contribution in [-0.4, -0.2) is 21.5 Å². The molecular formula is C14H15BrN2O2. The van der Waals surface area contributed by atoms with Crippen LogP contribution < -0.4 is 0 Å². The van der Waals surface area contributed by atoms with Gasteiger partial charge >= 0.3 is 6.09 Å². The molecule has 0 aliphatic heterocycles. The number of benzene rings is 1. The summed E-state index contributed by atoms with van der Waals surface area (Å²) in [5.74, 6) is 0. The largest absolute Gasteiger partial charge is 0.442 e. The molecule has 0 amide bonds. The van der Waals surface area contributed by atoms with Crippen molar-refractivity contribution in [1.82, 2.24) is 9.78 Å². The number of halogens is 1. The molecular weight excluding hydrogens is 308 g/mol. The summed E-state index contributed by atoms with van der Waals surface area (Å²) in [4.78, 5) is 12.0. The Balaban J connectivity index is 2.42. The summed E-state index contributed by atoms with van der Waals surface area (Å²) in [5.41, 5.74) is 0.270. The van der Waals surface area contributed by atoms with Crippen LogP contribution in [0.2, 0.25) is 0 Å². The molecule has 4 nitrogen and oxygen atoms in total. The highest BCUT2D eigenvalue weighted by atomic mass is 79.9. The molecule has 0 spiro atoms. The maximum absolute atomic E-state index is 12.0. The molecule has 1 aromatic heterocycles. The van der Waals surface area contributed by atoms with E-state index in [-0.39, 0.29) is 12.3 Å². The van der Waals surface area contributed by atoms with Crippen LogP contribution in [-0.2, 0) is 4.74 Å². The highest BCUT2D eigenvalue weighted by Gasteiger charge is 2.18. The zero-order chi connectivity index (χ0) is 15.8. The molecule has 1 aromatic carbocycles. The average Bonchev–Trinajstić information content (AvgIpc) is 2.64. The van der Waals surface area contributed by atoms with Crippen LogP contribution in [0.4, 0.5) is 4.79 Å². The third-order valence-electron chi connectivity index (χ3n) is 2.18. The van der Waals surface area contributed by atoms with E-state index in [9.17, 15) is 4.79 Å². The highest BCUT2D eigenvalue weighted by Crippen LogP contribution is 2.21. The molecule has 100 valence electrons. The Morgan fingerprint density at radius 1 is 1.32 bits per heavy atom. The van der Waals surface area contributed by atoms with Crippen molar-refractivity contribution >= 4 is 22.0 Å². The number of ether oxygens (including phenoxy) is 1. The first-order chi connectivity index (χ1) is 9.69. The second-order valence-corrected chi connectivity index (χ2v) is 5.91. The molecule has 0 radical (unpaired) electrons. The topological polar surface area (TPSA) is 44.1 Å². The van der Waals surface area contributed by atoms with E-state index in [0.717, 1.165) is 9.15 Å². The van der Waals surface area contributed by atoms with Gasteiger partial charge in [0.15, 0.2) is 0 Å². The number of aromatic nitrogens is 2. The zero-order valence-electron chi connectivity index (χ0n) is 12.9. The second kappa shape index (κ2) is 5.17. The Kier molecular flexibility index (Phi) is 3.05. The molecule has 0 saturated carbocycles. The van der Waals surface area contributed by atoms with Gasteiger partial charge in [-0.05, 0) is 38.5 Å². The first-order valence-corrected chi connectivity index (χ1v) is 6.54. The Morgan fingerprint density at radius 2 is 1.95 bits per heavy atom. The van der Waals surface area contributed by atoms with Gasteiger partial charge in [0, 0.05) is 16.2 Å². The SMILES string of the molecule is [2H]c1nn(C(=O)OC(C)(C)C)c([2H])c1-c1ccc(Br)cc1. The minimum absolute atomic E-state index is 0.131. The summed E-state index contributed by atoms with van der Waals surface area (Å²) in [7, 11) is 0. The number of hydrogen-bond donors (Lipinski definition) is 0. The highest BCUT2D eigenvalue weighted by molar-refractivity contribution is 9.10. The van der Waals surface area contributed by atoms with Gasteiger partial charge < -0.3 is 4.74 Å². The maximum atomic E-state index is 12.0. The molecule has 0 aliphatic rings. The molecule has 2 aromatic rings. The van der Waals surface area contributed by atoms with E-state index in [2.05, 4.69) is 21.0 Å². The minimum Gasteiger partial charge on any atom is -0.442 e. The number of nitrogens with zero attached hydrogens (tertiary/aromatic N) is 2. The third kappa shape index (κ3) is 3.67. The van der Waals surface area contributed by atoms with Crippen LogP contribution in [0.15, 0.2) is 41.1 Å². The van der Waals surface area contributed by atoms with Gasteiger partial charge in [-0.25, -0.2) is 4.79 Å². The molecule has 0 unspecified atom stereocenters. The average molecular weight is 325 g/mol. The molecule has 0 fully saturated rings. The first-order valence-electron chi connectivity index (χ1n) is 6.74. The van der Waals surface area contributed by atoms with Crippen LogP contribution in [0, 0.1) is 0 Å². The van der Waals surface area contributed by atoms with Gasteiger partial charge in [0.05, 0.1) is 8.91 Å². The van der Waals surface area contributed by atoms with Crippen molar-refractivity contribution in [3.63, 3.8) is 0 Å². The predicted molar refractivity (Wildman–Crippen MR) is 77.0 cm³/mol. The van der Waals surface area contributed by atoms with Crippen LogP contribution in [0.1, 0.15) is 23.5 Å². The molecule has 2 rings (SSSR count). The van der Waals surface area contributed by atoms with E-state index in [4.69, 9.17) is 7.48 Å².